The Balaban J connectivity index is 1.91. The van der Waals surface area contributed by atoms with Crippen LogP contribution >= 0.6 is 0 Å². The summed E-state index contributed by atoms with van der Waals surface area (Å²) in [6.07, 6.45) is 3.82. The maximum absolute atomic E-state index is 12.2. The van der Waals surface area contributed by atoms with Crippen LogP contribution in [0.3, 0.4) is 0 Å². The molecule has 2 N–H and O–H groups in total. The normalized spacial score (nSPS) is 17.3. The molecule has 20 heavy (non-hydrogen) atoms. The van der Waals surface area contributed by atoms with E-state index in [1.54, 1.807) is 0 Å². The SMILES string of the molecule is CC(N)CCCCS(=O)c1ccc2c(c1)OCCCO2. The Morgan fingerprint density at radius 1 is 1.25 bits per heavy atom. The first-order chi connectivity index (χ1) is 9.66. The monoisotopic (exact) mass is 297 g/mol. The van der Waals surface area contributed by atoms with Gasteiger partial charge in [0.2, 0.25) is 0 Å². The molecule has 0 aliphatic carbocycles. The highest BCUT2D eigenvalue weighted by atomic mass is 32.2. The summed E-state index contributed by atoms with van der Waals surface area (Å²) in [4.78, 5) is 0.815. The van der Waals surface area contributed by atoms with E-state index in [2.05, 4.69) is 0 Å². The predicted molar refractivity (Wildman–Crippen MR) is 80.8 cm³/mol. The first kappa shape index (κ1) is 15.3. The van der Waals surface area contributed by atoms with Crippen LogP contribution in [0, 0.1) is 0 Å². The van der Waals surface area contributed by atoms with Crippen LogP contribution in [-0.2, 0) is 10.8 Å². The van der Waals surface area contributed by atoms with Crippen LogP contribution in [0.4, 0.5) is 0 Å². The molecular formula is C15H23NO3S. The molecule has 0 aromatic heterocycles. The van der Waals surface area contributed by atoms with Crippen LogP contribution in [0.1, 0.15) is 32.6 Å². The molecule has 1 aromatic rings. The molecule has 4 nitrogen and oxygen atoms in total. The summed E-state index contributed by atoms with van der Waals surface area (Å²) in [5.74, 6) is 2.14. The van der Waals surface area contributed by atoms with Gasteiger partial charge in [0.05, 0.1) is 24.0 Å². The van der Waals surface area contributed by atoms with Crippen molar-refractivity contribution in [2.75, 3.05) is 19.0 Å². The average molecular weight is 297 g/mol. The number of rotatable bonds is 6. The molecule has 2 rings (SSSR count). The first-order valence-corrected chi connectivity index (χ1v) is 8.52. The lowest BCUT2D eigenvalue weighted by Crippen LogP contribution is -2.14. The number of hydrogen-bond donors (Lipinski definition) is 1. The third-order valence-electron chi connectivity index (χ3n) is 3.22. The molecule has 2 unspecified atom stereocenters. The van der Waals surface area contributed by atoms with Crippen molar-refractivity contribution < 1.29 is 13.7 Å². The Labute approximate surface area is 123 Å². The summed E-state index contributed by atoms with van der Waals surface area (Å²) >= 11 is 0. The Morgan fingerprint density at radius 2 is 2.00 bits per heavy atom. The van der Waals surface area contributed by atoms with Gasteiger partial charge in [0.25, 0.3) is 0 Å². The van der Waals surface area contributed by atoms with E-state index in [1.807, 2.05) is 25.1 Å². The highest BCUT2D eigenvalue weighted by Gasteiger charge is 2.13. The van der Waals surface area contributed by atoms with E-state index in [-0.39, 0.29) is 6.04 Å². The van der Waals surface area contributed by atoms with E-state index in [4.69, 9.17) is 15.2 Å². The van der Waals surface area contributed by atoms with E-state index in [1.165, 1.54) is 0 Å². The standard InChI is InChI=1S/C15H23NO3S/c1-12(16)5-2-3-10-20(17)13-6-7-14-15(11-13)19-9-4-8-18-14/h6-7,11-12H,2-5,8-10,16H2,1H3. The van der Waals surface area contributed by atoms with Crippen LogP contribution in [-0.4, -0.2) is 29.2 Å². The van der Waals surface area contributed by atoms with Crippen molar-refractivity contribution in [3.63, 3.8) is 0 Å². The van der Waals surface area contributed by atoms with Crippen LogP contribution in [0.2, 0.25) is 0 Å². The number of fused-ring (bicyclic) bond motifs is 1. The van der Waals surface area contributed by atoms with Crippen molar-refractivity contribution in [1.82, 2.24) is 0 Å². The van der Waals surface area contributed by atoms with Gasteiger partial charge in [0.1, 0.15) is 0 Å². The van der Waals surface area contributed by atoms with Crippen molar-refractivity contribution in [2.45, 2.75) is 43.5 Å². The summed E-state index contributed by atoms with van der Waals surface area (Å²) in [5, 5.41) is 0. The third-order valence-corrected chi connectivity index (χ3v) is 4.66. The van der Waals surface area contributed by atoms with Crippen LogP contribution in [0.25, 0.3) is 0 Å². The lowest BCUT2D eigenvalue weighted by Gasteiger charge is -2.09. The zero-order valence-electron chi connectivity index (χ0n) is 12.0. The van der Waals surface area contributed by atoms with Crippen molar-refractivity contribution in [2.24, 2.45) is 5.73 Å². The second kappa shape index (κ2) is 7.64. The molecule has 1 aliphatic rings. The van der Waals surface area contributed by atoms with Crippen molar-refractivity contribution in [3.8, 4) is 11.5 Å². The van der Waals surface area contributed by atoms with Crippen molar-refractivity contribution >= 4 is 10.8 Å². The second-order valence-electron chi connectivity index (χ2n) is 5.18. The number of unbranched alkanes of at least 4 members (excludes halogenated alkanes) is 1. The number of nitrogens with two attached hydrogens (primary N) is 1. The number of hydrogen-bond acceptors (Lipinski definition) is 4. The third kappa shape index (κ3) is 4.49. The summed E-state index contributed by atoms with van der Waals surface area (Å²) in [6.45, 7) is 3.32. The van der Waals surface area contributed by atoms with E-state index in [9.17, 15) is 4.21 Å². The molecule has 5 heteroatoms. The number of benzene rings is 1. The Kier molecular flexibility index (Phi) is 5.86. The van der Waals surface area contributed by atoms with Crippen LogP contribution in [0.5, 0.6) is 11.5 Å². The van der Waals surface area contributed by atoms with Crippen molar-refractivity contribution in [3.05, 3.63) is 18.2 Å². The van der Waals surface area contributed by atoms with Crippen molar-refractivity contribution in [1.29, 1.82) is 0 Å². The van der Waals surface area contributed by atoms with Gasteiger partial charge in [-0.3, -0.25) is 4.21 Å². The van der Waals surface area contributed by atoms with Gasteiger partial charge < -0.3 is 15.2 Å². The van der Waals surface area contributed by atoms with E-state index in [0.717, 1.165) is 36.3 Å². The van der Waals surface area contributed by atoms with E-state index >= 15 is 0 Å². The molecule has 0 radical (unpaired) electrons. The number of ether oxygens (including phenoxy) is 2. The zero-order chi connectivity index (χ0) is 14.4. The fourth-order valence-corrected chi connectivity index (χ4v) is 3.26. The predicted octanol–water partition coefficient (Wildman–Crippen LogP) is 2.47. The van der Waals surface area contributed by atoms with Gasteiger partial charge in [-0.15, -0.1) is 0 Å². The van der Waals surface area contributed by atoms with Gasteiger partial charge in [0.15, 0.2) is 11.5 Å². The highest BCUT2D eigenvalue weighted by molar-refractivity contribution is 7.85. The largest absolute Gasteiger partial charge is 0.490 e. The maximum atomic E-state index is 12.2. The highest BCUT2D eigenvalue weighted by Crippen LogP contribution is 2.31. The quantitative estimate of drug-likeness (QED) is 0.819. The molecule has 1 aromatic carbocycles. The summed E-state index contributed by atoms with van der Waals surface area (Å²) in [5.41, 5.74) is 5.71. The van der Waals surface area contributed by atoms with Gasteiger partial charge in [-0.2, -0.15) is 0 Å². The van der Waals surface area contributed by atoms with Crippen LogP contribution < -0.4 is 15.2 Å². The van der Waals surface area contributed by atoms with Gasteiger partial charge in [-0.05, 0) is 31.9 Å². The smallest absolute Gasteiger partial charge is 0.162 e. The molecule has 1 heterocycles. The summed E-state index contributed by atoms with van der Waals surface area (Å²) in [7, 11) is -0.978. The average Bonchev–Trinajstić information content (AvgIpc) is 2.67. The molecular weight excluding hydrogens is 274 g/mol. The Hall–Kier alpha value is -1.07. The topological polar surface area (TPSA) is 61.6 Å². The lowest BCUT2D eigenvalue weighted by atomic mass is 10.2. The molecule has 0 bridgehead atoms. The molecule has 2 atom stereocenters. The molecule has 0 saturated carbocycles. The molecule has 0 amide bonds. The zero-order valence-corrected chi connectivity index (χ0v) is 12.8. The molecule has 0 spiro atoms. The van der Waals surface area contributed by atoms with Crippen LogP contribution in [0.15, 0.2) is 23.1 Å². The molecule has 1 aliphatic heterocycles. The second-order valence-corrected chi connectivity index (χ2v) is 6.75. The maximum Gasteiger partial charge on any atom is 0.162 e. The Morgan fingerprint density at radius 3 is 2.75 bits per heavy atom. The minimum Gasteiger partial charge on any atom is -0.490 e. The van der Waals surface area contributed by atoms with E-state index in [0.29, 0.717) is 24.7 Å². The lowest BCUT2D eigenvalue weighted by molar-refractivity contribution is 0.297. The van der Waals surface area contributed by atoms with Gasteiger partial charge >= 0.3 is 0 Å². The fraction of sp³-hybridized carbons (Fsp3) is 0.600. The van der Waals surface area contributed by atoms with Gasteiger partial charge in [-0.1, -0.05) is 6.42 Å². The summed E-state index contributed by atoms with van der Waals surface area (Å²) in [6, 6.07) is 5.80. The fourth-order valence-electron chi connectivity index (χ4n) is 2.10. The Bertz CT molecular complexity index is 462. The minimum atomic E-state index is -0.978. The van der Waals surface area contributed by atoms with E-state index < -0.39 is 10.8 Å². The summed E-state index contributed by atoms with van der Waals surface area (Å²) < 4.78 is 23.4. The van der Waals surface area contributed by atoms with Gasteiger partial charge in [0, 0.05) is 29.2 Å². The molecule has 112 valence electrons. The first-order valence-electron chi connectivity index (χ1n) is 7.20. The van der Waals surface area contributed by atoms with Gasteiger partial charge in [-0.25, -0.2) is 0 Å². The minimum absolute atomic E-state index is 0.224. The molecule has 0 saturated heterocycles. The molecule has 0 fully saturated rings.